The van der Waals surface area contributed by atoms with Crippen molar-refractivity contribution in [3.63, 3.8) is 0 Å². The maximum absolute atomic E-state index is 12.6. The van der Waals surface area contributed by atoms with Gasteiger partial charge in [0.2, 0.25) is 0 Å². The molecule has 0 amide bonds. The third kappa shape index (κ3) is 4.46. The van der Waals surface area contributed by atoms with Gasteiger partial charge in [-0.3, -0.25) is 4.72 Å². The van der Waals surface area contributed by atoms with E-state index in [0.29, 0.717) is 5.69 Å². The number of hydrogen-bond donors (Lipinski definition) is 2. The molecular weight excluding hydrogens is 386 g/mol. The highest BCUT2D eigenvalue weighted by Gasteiger charge is 2.19. The minimum atomic E-state index is -3.61. The van der Waals surface area contributed by atoms with Crippen LogP contribution in [0.3, 0.4) is 0 Å². The normalized spacial score (nSPS) is 14.6. The van der Waals surface area contributed by atoms with Crippen molar-refractivity contribution in [3.8, 4) is 5.75 Å². The van der Waals surface area contributed by atoms with Crippen LogP contribution in [-0.2, 0) is 10.0 Å². The van der Waals surface area contributed by atoms with Crippen molar-refractivity contribution in [2.24, 2.45) is 0 Å². The molecule has 6 nitrogen and oxygen atoms in total. The van der Waals surface area contributed by atoms with Crippen LogP contribution in [0.4, 0.5) is 17.1 Å². The van der Waals surface area contributed by atoms with Crippen molar-refractivity contribution in [1.82, 2.24) is 0 Å². The smallest absolute Gasteiger partial charge is 0.261 e. The van der Waals surface area contributed by atoms with Gasteiger partial charge in [-0.25, -0.2) is 8.42 Å². The number of sulfonamides is 1. The van der Waals surface area contributed by atoms with Crippen molar-refractivity contribution in [1.29, 1.82) is 0 Å². The summed E-state index contributed by atoms with van der Waals surface area (Å²) >= 11 is 0. The summed E-state index contributed by atoms with van der Waals surface area (Å²) in [6.45, 7) is 3.41. The molecule has 0 radical (unpaired) electrons. The minimum Gasteiger partial charge on any atom is -0.508 e. The number of piperazine rings is 1. The van der Waals surface area contributed by atoms with Crippen molar-refractivity contribution < 1.29 is 13.5 Å². The number of phenolic OH excluding ortho intramolecular Hbond substituents is 1. The molecule has 1 aliphatic rings. The molecule has 4 rings (SSSR count). The zero-order valence-electron chi connectivity index (χ0n) is 15.9. The first-order valence-electron chi connectivity index (χ1n) is 9.48. The molecule has 0 aliphatic carbocycles. The monoisotopic (exact) mass is 409 g/mol. The van der Waals surface area contributed by atoms with E-state index in [4.69, 9.17) is 0 Å². The molecule has 0 unspecified atom stereocenters. The van der Waals surface area contributed by atoms with E-state index in [9.17, 15) is 13.5 Å². The summed E-state index contributed by atoms with van der Waals surface area (Å²) in [6.07, 6.45) is 0. The van der Waals surface area contributed by atoms with Crippen LogP contribution in [-0.4, -0.2) is 39.7 Å². The molecule has 1 aliphatic heterocycles. The lowest BCUT2D eigenvalue weighted by atomic mass is 10.2. The third-order valence-corrected chi connectivity index (χ3v) is 6.43. The summed E-state index contributed by atoms with van der Waals surface area (Å²) in [5.41, 5.74) is 2.65. The Hall–Kier alpha value is -3.19. The average molecular weight is 410 g/mol. The Morgan fingerprint density at radius 1 is 0.690 bits per heavy atom. The highest BCUT2D eigenvalue weighted by atomic mass is 32.2. The molecule has 1 heterocycles. The number of benzene rings is 3. The topological polar surface area (TPSA) is 72.9 Å². The van der Waals surface area contributed by atoms with Crippen LogP contribution in [0, 0.1) is 0 Å². The molecular formula is C22H23N3O3S. The first-order valence-corrected chi connectivity index (χ1v) is 11.0. The molecule has 7 heteroatoms. The van der Waals surface area contributed by atoms with E-state index >= 15 is 0 Å². The number of para-hydroxylation sites is 1. The number of nitrogens with zero attached hydrogens (tertiary/aromatic N) is 2. The average Bonchev–Trinajstić information content (AvgIpc) is 2.75. The number of rotatable bonds is 5. The summed E-state index contributed by atoms with van der Waals surface area (Å²) in [7, 11) is -3.61. The fourth-order valence-electron chi connectivity index (χ4n) is 3.44. The lowest BCUT2D eigenvalue weighted by Crippen LogP contribution is -2.46. The minimum absolute atomic E-state index is 0.243. The molecule has 1 fully saturated rings. The van der Waals surface area contributed by atoms with Gasteiger partial charge in [0.25, 0.3) is 10.0 Å². The fourth-order valence-corrected chi connectivity index (χ4v) is 4.50. The molecule has 0 bridgehead atoms. The van der Waals surface area contributed by atoms with Gasteiger partial charge in [-0.1, -0.05) is 18.2 Å². The van der Waals surface area contributed by atoms with Crippen LogP contribution in [0.5, 0.6) is 5.75 Å². The highest BCUT2D eigenvalue weighted by molar-refractivity contribution is 7.92. The lowest BCUT2D eigenvalue weighted by Gasteiger charge is -2.37. The van der Waals surface area contributed by atoms with Gasteiger partial charge in [0.05, 0.1) is 4.90 Å². The zero-order chi connectivity index (χ0) is 20.3. The van der Waals surface area contributed by atoms with Gasteiger partial charge in [0.15, 0.2) is 0 Å². The molecule has 3 aromatic rings. The molecule has 0 saturated carbocycles. The Labute approximate surface area is 171 Å². The van der Waals surface area contributed by atoms with Crippen molar-refractivity contribution >= 4 is 27.1 Å². The van der Waals surface area contributed by atoms with Crippen molar-refractivity contribution in [2.75, 3.05) is 40.7 Å². The Morgan fingerprint density at radius 3 is 1.69 bits per heavy atom. The Kier molecular flexibility index (Phi) is 5.31. The Balaban J connectivity index is 1.40. The van der Waals surface area contributed by atoms with E-state index in [0.717, 1.165) is 37.6 Å². The van der Waals surface area contributed by atoms with Gasteiger partial charge >= 0.3 is 0 Å². The van der Waals surface area contributed by atoms with Crippen LogP contribution in [0.15, 0.2) is 83.8 Å². The zero-order valence-corrected chi connectivity index (χ0v) is 16.7. The summed E-state index contributed by atoms with van der Waals surface area (Å²) < 4.78 is 27.7. The second kappa shape index (κ2) is 8.05. The molecule has 0 spiro atoms. The van der Waals surface area contributed by atoms with Crippen molar-refractivity contribution in [2.45, 2.75) is 4.90 Å². The third-order valence-electron chi connectivity index (χ3n) is 5.03. The first-order chi connectivity index (χ1) is 14.0. The van der Waals surface area contributed by atoms with Gasteiger partial charge in [-0.15, -0.1) is 0 Å². The molecule has 150 valence electrons. The van der Waals surface area contributed by atoms with E-state index in [1.54, 1.807) is 48.5 Å². The predicted molar refractivity (Wildman–Crippen MR) is 116 cm³/mol. The molecule has 2 N–H and O–H groups in total. The SMILES string of the molecule is O=S(=O)(Nc1ccccc1)c1ccc(N2CCN(c3ccc(O)cc3)CC2)cc1. The lowest BCUT2D eigenvalue weighted by molar-refractivity contribution is 0.475. The van der Waals surface area contributed by atoms with Crippen LogP contribution in [0.1, 0.15) is 0 Å². The van der Waals surface area contributed by atoms with E-state index in [1.165, 1.54) is 0 Å². The maximum atomic E-state index is 12.6. The van der Waals surface area contributed by atoms with Crippen LogP contribution >= 0.6 is 0 Å². The molecule has 0 aromatic heterocycles. The molecule has 29 heavy (non-hydrogen) atoms. The van der Waals surface area contributed by atoms with Crippen LogP contribution in [0.2, 0.25) is 0 Å². The summed E-state index contributed by atoms with van der Waals surface area (Å²) in [5, 5.41) is 9.43. The van der Waals surface area contributed by atoms with Gasteiger partial charge < -0.3 is 14.9 Å². The van der Waals surface area contributed by atoms with Gasteiger partial charge in [-0.05, 0) is 60.7 Å². The fraction of sp³-hybridized carbons (Fsp3) is 0.182. The quantitative estimate of drug-likeness (QED) is 0.675. The number of phenols is 1. The number of anilines is 3. The standard InChI is InChI=1S/C22H23N3O3S/c26-21-10-6-19(7-11-21)24-14-16-25(17-15-24)20-8-12-22(13-9-20)29(27,28)23-18-4-2-1-3-5-18/h1-13,23,26H,14-17H2. The Bertz CT molecular complexity index is 1040. The van der Waals surface area contributed by atoms with Gasteiger partial charge in [0, 0.05) is 43.2 Å². The van der Waals surface area contributed by atoms with Crippen LogP contribution in [0.25, 0.3) is 0 Å². The van der Waals surface area contributed by atoms with Crippen LogP contribution < -0.4 is 14.5 Å². The predicted octanol–water partition coefficient (Wildman–Crippen LogP) is 3.52. The summed E-state index contributed by atoms with van der Waals surface area (Å²) in [4.78, 5) is 4.77. The number of nitrogens with one attached hydrogen (secondary N) is 1. The maximum Gasteiger partial charge on any atom is 0.261 e. The van der Waals surface area contributed by atoms with E-state index in [2.05, 4.69) is 14.5 Å². The van der Waals surface area contributed by atoms with E-state index in [1.807, 2.05) is 30.3 Å². The van der Waals surface area contributed by atoms with E-state index < -0.39 is 10.0 Å². The summed E-state index contributed by atoms with van der Waals surface area (Å²) in [6, 6.07) is 23.1. The molecule has 1 saturated heterocycles. The molecule has 0 atom stereocenters. The number of aromatic hydroxyl groups is 1. The number of hydrogen-bond acceptors (Lipinski definition) is 5. The van der Waals surface area contributed by atoms with E-state index in [-0.39, 0.29) is 10.6 Å². The largest absolute Gasteiger partial charge is 0.508 e. The Morgan fingerprint density at radius 2 is 1.17 bits per heavy atom. The first kappa shape index (κ1) is 19.1. The van der Waals surface area contributed by atoms with Crippen molar-refractivity contribution in [3.05, 3.63) is 78.9 Å². The van der Waals surface area contributed by atoms with Gasteiger partial charge in [0.1, 0.15) is 5.75 Å². The summed E-state index contributed by atoms with van der Waals surface area (Å²) in [5.74, 6) is 0.268. The van der Waals surface area contributed by atoms with Gasteiger partial charge in [-0.2, -0.15) is 0 Å². The molecule has 3 aromatic carbocycles. The highest BCUT2D eigenvalue weighted by Crippen LogP contribution is 2.24. The second-order valence-corrected chi connectivity index (χ2v) is 8.64. The second-order valence-electron chi connectivity index (χ2n) is 6.96.